The number of nitrogens with zero attached hydrogens (tertiary/aromatic N) is 2. The van der Waals surface area contributed by atoms with Gasteiger partial charge in [-0.2, -0.15) is 0 Å². The maximum atomic E-state index is 5.37. The van der Waals surface area contributed by atoms with E-state index in [1.807, 2.05) is 47.7 Å². The van der Waals surface area contributed by atoms with Crippen molar-refractivity contribution in [1.82, 2.24) is 10.2 Å². The van der Waals surface area contributed by atoms with E-state index in [1.165, 1.54) is 0 Å². The summed E-state index contributed by atoms with van der Waals surface area (Å²) in [5.41, 5.74) is 2.07. The van der Waals surface area contributed by atoms with Crippen LogP contribution in [-0.2, 0) is 0 Å². The van der Waals surface area contributed by atoms with Gasteiger partial charge in [0.25, 0.3) is 3.90 Å². The van der Waals surface area contributed by atoms with Gasteiger partial charge in [-0.1, -0.05) is 12.1 Å². The van der Waals surface area contributed by atoms with Gasteiger partial charge in [-0.15, -0.1) is 10.2 Å². The van der Waals surface area contributed by atoms with Gasteiger partial charge in [0.15, 0.2) is 0 Å². The number of hydrogen-bond acceptors (Lipinski definition) is 3. The van der Waals surface area contributed by atoms with Crippen LogP contribution in [0.3, 0.4) is 0 Å². The maximum absolute atomic E-state index is 5.37. The predicted molar refractivity (Wildman–Crippen MR) is 64.9 cm³/mol. The second-order valence-corrected chi connectivity index (χ2v) is 4.57. The first-order valence-corrected chi connectivity index (χ1v) is 5.80. The second-order valence-electron chi connectivity index (χ2n) is 2.79. The molecule has 0 aliphatic rings. The maximum Gasteiger partial charge on any atom is 0.278 e. The Morgan fingerprint density at radius 3 is 2.71 bits per heavy atom. The fraction of sp³-hybridized carbons (Fsp3) is 0.111. The molecule has 5 heteroatoms. The molecule has 3 nitrogen and oxygen atoms in total. The standard InChI is InChI=1S/C9H6BrIN2O/c1-5-3-2-4-6(10)7(5)8-12-13-9(11)14-8/h2-4H,1H3. The number of aromatic nitrogens is 2. The zero-order valence-corrected chi connectivity index (χ0v) is 11.0. The summed E-state index contributed by atoms with van der Waals surface area (Å²) < 4.78 is 6.88. The van der Waals surface area contributed by atoms with Gasteiger partial charge in [-0.3, -0.25) is 0 Å². The van der Waals surface area contributed by atoms with Crippen LogP contribution in [0.5, 0.6) is 0 Å². The molecule has 1 aromatic carbocycles. The van der Waals surface area contributed by atoms with Gasteiger partial charge < -0.3 is 4.42 Å². The van der Waals surface area contributed by atoms with Crippen molar-refractivity contribution in [2.75, 3.05) is 0 Å². The quantitative estimate of drug-likeness (QED) is 0.728. The highest BCUT2D eigenvalue weighted by Gasteiger charge is 2.12. The first-order chi connectivity index (χ1) is 6.68. The first-order valence-electron chi connectivity index (χ1n) is 3.93. The highest BCUT2D eigenvalue weighted by atomic mass is 127. The average Bonchev–Trinajstić information content (AvgIpc) is 2.51. The van der Waals surface area contributed by atoms with E-state index in [0.717, 1.165) is 15.6 Å². The smallest absolute Gasteiger partial charge is 0.278 e. The molecule has 0 bridgehead atoms. The third kappa shape index (κ3) is 1.83. The Labute approximate surface area is 103 Å². The van der Waals surface area contributed by atoms with E-state index < -0.39 is 0 Å². The van der Waals surface area contributed by atoms with E-state index >= 15 is 0 Å². The normalized spacial score (nSPS) is 10.5. The van der Waals surface area contributed by atoms with Crippen LogP contribution in [0.1, 0.15) is 5.56 Å². The average molecular weight is 365 g/mol. The molecule has 0 saturated carbocycles. The largest absolute Gasteiger partial charge is 0.412 e. The van der Waals surface area contributed by atoms with Gasteiger partial charge >= 0.3 is 0 Å². The molecule has 0 atom stereocenters. The van der Waals surface area contributed by atoms with Crippen molar-refractivity contribution in [2.24, 2.45) is 0 Å². The number of rotatable bonds is 1. The Bertz CT molecular complexity index is 449. The molecule has 72 valence electrons. The van der Waals surface area contributed by atoms with Gasteiger partial charge in [-0.05, 0) is 34.5 Å². The number of benzene rings is 1. The Balaban J connectivity index is 2.61. The third-order valence-electron chi connectivity index (χ3n) is 1.84. The molecule has 0 aliphatic carbocycles. The molecule has 2 rings (SSSR count). The molecule has 1 heterocycles. The highest BCUT2D eigenvalue weighted by molar-refractivity contribution is 14.1. The molecule has 2 aromatic rings. The lowest BCUT2D eigenvalue weighted by Crippen LogP contribution is -1.84. The molecule has 0 unspecified atom stereocenters. The zero-order valence-electron chi connectivity index (χ0n) is 7.29. The third-order valence-corrected chi connectivity index (χ3v) is 2.93. The van der Waals surface area contributed by atoms with Crippen LogP contribution < -0.4 is 0 Å². The topological polar surface area (TPSA) is 38.9 Å². The van der Waals surface area contributed by atoms with Crippen molar-refractivity contribution in [3.63, 3.8) is 0 Å². The fourth-order valence-corrected chi connectivity index (χ4v) is 2.16. The first kappa shape index (κ1) is 10.1. The Morgan fingerprint density at radius 2 is 2.14 bits per heavy atom. The Kier molecular flexibility index (Phi) is 2.87. The van der Waals surface area contributed by atoms with Crippen LogP contribution in [0.25, 0.3) is 11.5 Å². The van der Waals surface area contributed by atoms with E-state index in [4.69, 9.17) is 4.42 Å². The van der Waals surface area contributed by atoms with E-state index in [9.17, 15) is 0 Å². The number of halogens is 2. The van der Waals surface area contributed by atoms with Crippen LogP contribution in [-0.4, -0.2) is 10.2 Å². The summed E-state index contributed by atoms with van der Waals surface area (Å²) in [6, 6.07) is 5.95. The molecule has 0 N–H and O–H groups in total. The van der Waals surface area contributed by atoms with Crippen LogP contribution >= 0.6 is 38.5 Å². The lowest BCUT2D eigenvalue weighted by atomic mass is 10.1. The summed E-state index contributed by atoms with van der Waals surface area (Å²) in [4.78, 5) is 0. The summed E-state index contributed by atoms with van der Waals surface area (Å²) in [6.45, 7) is 2.01. The lowest BCUT2D eigenvalue weighted by molar-refractivity contribution is 0.536. The minimum Gasteiger partial charge on any atom is -0.412 e. The predicted octanol–water partition coefficient (Wildman–Crippen LogP) is 3.41. The van der Waals surface area contributed by atoms with Crippen LogP contribution in [0.2, 0.25) is 0 Å². The monoisotopic (exact) mass is 364 g/mol. The van der Waals surface area contributed by atoms with Gasteiger partial charge in [0.05, 0.1) is 5.56 Å². The van der Waals surface area contributed by atoms with Crippen molar-refractivity contribution in [1.29, 1.82) is 0 Å². The lowest BCUT2D eigenvalue weighted by Gasteiger charge is -2.02. The van der Waals surface area contributed by atoms with Crippen LogP contribution in [0.4, 0.5) is 0 Å². The molecule has 0 radical (unpaired) electrons. The van der Waals surface area contributed by atoms with Crippen molar-refractivity contribution >= 4 is 38.5 Å². The molecule has 1 aromatic heterocycles. The summed E-state index contributed by atoms with van der Waals surface area (Å²) in [6.07, 6.45) is 0. The number of hydrogen-bond donors (Lipinski definition) is 0. The Morgan fingerprint density at radius 1 is 1.36 bits per heavy atom. The molecular formula is C9H6BrIN2O. The summed E-state index contributed by atoms with van der Waals surface area (Å²) in [5.74, 6) is 0.555. The number of aryl methyl sites for hydroxylation is 1. The molecule has 14 heavy (non-hydrogen) atoms. The van der Waals surface area contributed by atoms with Crippen molar-refractivity contribution in [3.05, 3.63) is 32.1 Å². The highest BCUT2D eigenvalue weighted by Crippen LogP contribution is 2.30. The van der Waals surface area contributed by atoms with E-state index in [-0.39, 0.29) is 0 Å². The van der Waals surface area contributed by atoms with Gasteiger partial charge in [0.2, 0.25) is 5.89 Å². The van der Waals surface area contributed by atoms with E-state index in [0.29, 0.717) is 9.79 Å². The van der Waals surface area contributed by atoms with Gasteiger partial charge in [-0.25, -0.2) is 0 Å². The molecule has 0 spiro atoms. The Hall–Kier alpha value is -0.430. The SMILES string of the molecule is Cc1cccc(Br)c1-c1nnc(I)o1. The second kappa shape index (κ2) is 3.98. The molecule has 0 saturated heterocycles. The molecular weight excluding hydrogens is 359 g/mol. The van der Waals surface area contributed by atoms with Gasteiger partial charge in [0.1, 0.15) is 0 Å². The van der Waals surface area contributed by atoms with Crippen LogP contribution in [0, 0.1) is 10.8 Å². The van der Waals surface area contributed by atoms with Crippen molar-refractivity contribution in [2.45, 2.75) is 6.92 Å². The molecule has 0 fully saturated rings. The summed E-state index contributed by atoms with van der Waals surface area (Å²) >= 11 is 5.46. The van der Waals surface area contributed by atoms with Crippen LogP contribution in [0.15, 0.2) is 27.1 Å². The summed E-state index contributed by atoms with van der Waals surface area (Å²) in [7, 11) is 0. The summed E-state index contributed by atoms with van der Waals surface area (Å²) in [5, 5.41) is 7.78. The molecule has 0 aliphatic heterocycles. The van der Waals surface area contributed by atoms with Crippen molar-refractivity contribution in [3.8, 4) is 11.5 Å². The van der Waals surface area contributed by atoms with Gasteiger partial charge in [0, 0.05) is 27.1 Å². The fourth-order valence-electron chi connectivity index (χ4n) is 1.21. The van der Waals surface area contributed by atoms with E-state index in [2.05, 4.69) is 26.1 Å². The minimum atomic E-state index is 0.549. The minimum absolute atomic E-state index is 0.549. The van der Waals surface area contributed by atoms with Crippen molar-refractivity contribution < 1.29 is 4.42 Å². The van der Waals surface area contributed by atoms with E-state index in [1.54, 1.807) is 0 Å². The molecule has 0 amide bonds. The zero-order chi connectivity index (χ0) is 10.1.